The molecule has 23 heavy (non-hydrogen) atoms. The third-order valence-electron chi connectivity index (χ3n) is 4.16. The first-order valence-electron chi connectivity index (χ1n) is 7.81. The lowest BCUT2D eigenvalue weighted by Gasteiger charge is -2.24. The average Bonchev–Trinajstić information content (AvgIpc) is 2.89. The van der Waals surface area contributed by atoms with Gasteiger partial charge in [0.05, 0.1) is 23.4 Å². The van der Waals surface area contributed by atoms with Crippen LogP contribution in [-0.4, -0.2) is 62.0 Å². The highest BCUT2D eigenvalue weighted by Gasteiger charge is 2.32. The number of rotatable bonds is 5. The molecule has 0 unspecified atom stereocenters. The first-order valence-corrected chi connectivity index (χ1v) is 9.63. The van der Waals surface area contributed by atoms with Crippen LogP contribution >= 0.6 is 0 Å². The van der Waals surface area contributed by atoms with Crippen LogP contribution in [0.2, 0.25) is 0 Å². The Hall–Kier alpha value is -1.83. The third kappa shape index (κ3) is 4.34. The second kappa shape index (κ2) is 7.16. The summed E-state index contributed by atoms with van der Waals surface area (Å²) in [4.78, 5) is 20.1. The van der Waals surface area contributed by atoms with Gasteiger partial charge in [-0.2, -0.15) is 0 Å². The van der Waals surface area contributed by atoms with Gasteiger partial charge >= 0.3 is 6.03 Å². The molecule has 1 N–H and O–H groups in total. The molecule has 128 valence electrons. The number of urea groups is 1. The van der Waals surface area contributed by atoms with Gasteiger partial charge in [-0.25, -0.2) is 18.2 Å². The van der Waals surface area contributed by atoms with Crippen molar-refractivity contribution in [3.05, 3.63) is 18.3 Å². The average molecular weight is 340 g/mol. The highest BCUT2D eigenvalue weighted by atomic mass is 32.2. The molecule has 7 nitrogen and oxygen atoms in total. The number of carbonyl (C=O) groups is 1. The smallest absolute Gasteiger partial charge is 0.321 e. The summed E-state index contributed by atoms with van der Waals surface area (Å²) in [6.45, 7) is 5.86. The van der Waals surface area contributed by atoms with Gasteiger partial charge in [0.2, 0.25) is 0 Å². The van der Waals surface area contributed by atoms with Crippen LogP contribution in [0, 0.1) is 0 Å². The molecule has 1 aromatic rings. The van der Waals surface area contributed by atoms with E-state index in [1.165, 1.54) is 4.90 Å². The van der Waals surface area contributed by atoms with Crippen LogP contribution in [0.5, 0.6) is 0 Å². The summed E-state index contributed by atoms with van der Waals surface area (Å²) >= 11 is 0. The molecule has 8 heteroatoms. The summed E-state index contributed by atoms with van der Waals surface area (Å²) in [7, 11) is -1.38. The van der Waals surface area contributed by atoms with Gasteiger partial charge in [0.15, 0.2) is 9.84 Å². The summed E-state index contributed by atoms with van der Waals surface area (Å²) in [6, 6.07) is 3.09. The number of carbonyl (C=O) groups excluding carboxylic acids is 1. The third-order valence-corrected chi connectivity index (χ3v) is 5.91. The molecule has 0 radical (unpaired) electrons. The second-order valence-electron chi connectivity index (χ2n) is 5.68. The number of nitrogens with one attached hydrogen (secondary N) is 1. The number of hydrogen-bond donors (Lipinski definition) is 1. The lowest BCUT2D eigenvalue weighted by atomic mass is 10.2. The van der Waals surface area contributed by atoms with Crippen molar-refractivity contribution in [1.82, 2.24) is 9.88 Å². The molecular formula is C15H24N4O3S. The van der Waals surface area contributed by atoms with Gasteiger partial charge in [-0.05, 0) is 32.4 Å². The Kier molecular flexibility index (Phi) is 5.46. The van der Waals surface area contributed by atoms with E-state index in [4.69, 9.17) is 0 Å². The van der Waals surface area contributed by atoms with Crippen LogP contribution in [0.15, 0.2) is 18.3 Å². The molecule has 1 fully saturated rings. The first kappa shape index (κ1) is 17.5. The number of sulfone groups is 1. The molecule has 0 aromatic carbocycles. The zero-order chi connectivity index (χ0) is 17.0. The summed E-state index contributed by atoms with van der Waals surface area (Å²) in [5.41, 5.74) is 0.596. The van der Waals surface area contributed by atoms with E-state index in [0.29, 0.717) is 12.1 Å². The molecule has 1 aromatic heterocycles. The van der Waals surface area contributed by atoms with Gasteiger partial charge in [0.25, 0.3) is 0 Å². The summed E-state index contributed by atoms with van der Waals surface area (Å²) in [6.07, 6.45) is 2.11. The van der Waals surface area contributed by atoms with Crippen LogP contribution in [0.4, 0.5) is 16.3 Å². The Balaban J connectivity index is 1.97. The van der Waals surface area contributed by atoms with Crippen LogP contribution in [0.25, 0.3) is 0 Å². The van der Waals surface area contributed by atoms with Crippen molar-refractivity contribution in [2.24, 2.45) is 0 Å². The molecule has 1 saturated heterocycles. The van der Waals surface area contributed by atoms with E-state index >= 15 is 0 Å². The first-order chi connectivity index (χ1) is 10.9. The largest absolute Gasteiger partial charge is 0.357 e. The molecule has 2 heterocycles. The van der Waals surface area contributed by atoms with Crippen LogP contribution in [0.1, 0.15) is 20.3 Å². The van der Waals surface area contributed by atoms with Gasteiger partial charge in [-0.1, -0.05) is 0 Å². The number of anilines is 2. The molecule has 1 aliphatic heterocycles. The highest BCUT2D eigenvalue weighted by Crippen LogP contribution is 2.18. The molecule has 1 atom stereocenters. The van der Waals surface area contributed by atoms with E-state index in [1.807, 2.05) is 6.07 Å². The SMILES string of the molecule is CCN(CC)c1ccc(NC(=O)N(C)[C@@H]2CCS(=O)(=O)C2)cn1. The molecular weight excluding hydrogens is 316 g/mol. The van der Waals surface area contributed by atoms with Crippen molar-refractivity contribution in [3.8, 4) is 0 Å². The Labute approximate surface area is 137 Å². The zero-order valence-electron chi connectivity index (χ0n) is 13.8. The topological polar surface area (TPSA) is 82.6 Å². The van der Waals surface area contributed by atoms with E-state index < -0.39 is 9.84 Å². The Morgan fingerprint density at radius 1 is 1.35 bits per heavy atom. The summed E-state index contributed by atoms with van der Waals surface area (Å²) < 4.78 is 23.0. The molecule has 2 amide bonds. The lowest BCUT2D eigenvalue weighted by molar-refractivity contribution is 0.209. The fourth-order valence-corrected chi connectivity index (χ4v) is 4.43. The van der Waals surface area contributed by atoms with E-state index in [9.17, 15) is 13.2 Å². The number of pyridine rings is 1. The van der Waals surface area contributed by atoms with Gasteiger partial charge < -0.3 is 15.1 Å². The minimum absolute atomic E-state index is 0.0378. The Morgan fingerprint density at radius 2 is 2.04 bits per heavy atom. The van der Waals surface area contributed by atoms with Crippen LogP contribution in [-0.2, 0) is 9.84 Å². The van der Waals surface area contributed by atoms with Crippen molar-refractivity contribution < 1.29 is 13.2 Å². The second-order valence-corrected chi connectivity index (χ2v) is 7.90. The van der Waals surface area contributed by atoms with E-state index in [0.717, 1.165) is 18.9 Å². The molecule has 0 spiro atoms. The normalized spacial score (nSPS) is 19.3. The van der Waals surface area contributed by atoms with Crippen molar-refractivity contribution in [2.75, 3.05) is 41.9 Å². The quantitative estimate of drug-likeness (QED) is 0.880. The van der Waals surface area contributed by atoms with Crippen LogP contribution in [0.3, 0.4) is 0 Å². The van der Waals surface area contributed by atoms with Crippen molar-refractivity contribution in [2.45, 2.75) is 26.3 Å². The van der Waals surface area contributed by atoms with Gasteiger partial charge in [-0.15, -0.1) is 0 Å². The maximum atomic E-state index is 12.2. The molecule has 1 aliphatic rings. The molecule has 0 bridgehead atoms. The van der Waals surface area contributed by atoms with Gasteiger partial charge in [-0.3, -0.25) is 0 Å². The number of hydrogen-bond acceptors (Lipinski definition) is 5. The van der Waals surface area contributed by atoms with Crippen LogP contribution < -0.4 is 10.2 Å². The standard InChI is InChI=1S/C15H24N4O3S/c1-4-19(5-2)14-7-6-12(10-16-14)17-15(20)18(3)13-8-9-23(21,22)11-13/h6-7,10,13H,4-5,8-9,11H2,1-3H3,(H,17,20)/t13-/m1/s1. The predicted octanol–water partition coefficient (Wildman–Crippen LogP) is 1.58. The van der Waals surface area contributed by atoms with E-state index in [2.05, 4.69) is 29.0 Å². The monoisotopic (exact) mass is 340 g/mol. The van der Waals surface area contributed by atoms with E-state index in [1.54, 1.807) is 19.3 Å². The lowest BCUT2D eigenvalue weighted by Crippen LogP contribution is -2.40. The maximum Gasteiger partial charge on any atom is 0.321 e. The van der Waals surface area contributed by atoms with E-state index in [-0.39, 0.29) is 23.6 Å². The minimum atomic E-state index is -3.01. The summed E-state index contributed by atoms with van der Waals surface area (Å²) in [5.74, 6) is 1.05. The minimum Gasteiger partial charge on any atom is -0.357 e. The Bertz CT molecular complexity index is 641. The Morgan fingerprint density at radius 3 is 2.52 bits per heavy atom. The predicted molar refractivity (Wildman–Crippen MR) is 91.6 cm³/mol. The van der Waals surface area contributed by atoms with Crippen molar-refractivity contribution >= 4 is 27.4 Å². The number of nitrogens with zero attached hydrogens (tertiary/aromatic N) is 3. The fourth-order valence-electron chi connectivity index (χ4n) is 2.65. The summed E-state index contributed by atoms with van der Waals surface area (Å²) in [5, 5.41) is 2.76. The molecule has 0 saturated carbocycles. The molecule has 2 rings (SSSR count). The van der Waals surface area contributed by atoms with Crippen molar-refractivity contribution in [3.63, 3.8) is 0 Å². The fraction of sp³-hybridized carbons (Fsp3) is 0.600. The van der Waals surface area contributed by atoms with Gasteiger partial charge in [0, 0.05) is 26.2 Å². The zero-order valence-corrected chi connectivity index (χ0v) is 14.6. The highest BCUT2D eigenvalue weighted by molar-refractivity contribution is 7.91. The van der Waals surface area contributed by atoms with Crippen molar-refractivity contribution in [1.29, 1.82) is 0 Å². The number of amides is 2. The molecule has 0 aliphatic carbocycles. The van der Waals surface area contributed by atoms with Gasteiger partial charge in [0.1, 0.15) is 5.82 Å². The maximum absolute atomic E-state index is 12.2. The number of aromatic nitrogens is 1.